The van der Waals surface area contributed by atoms with Gasteiger partial charge in [0.25, 0.3) is 0 Å². The standard InChI is InChI=1S/C18H26N2O3/c1-12-9-15(10-13(2)23-12)19-18(21)20-8-7-16-14(11-20)5-4-6-17(16)22-3/h4-6,12-13,15H,7-11H2,1-3H3,(H,19,21)/t12-,13+,15?. The molecule has 0 aromatic heterocycles. The van der Waals surface area contributed by atoms with Crippen LogP contribution in [0, 0.1) is 0 Å². The fraction of sp³-hybridized carbons (Fsp3) is 0.611. The van der Waals surface area contributed by atoms with Gasteiger partial charge in [-0.3, -0.25) is 0 Å². The van der Waals surface area contributed by atoms with Gasteiger partial charge in [0.2, 0.25) is 0 Å². The van der Waals surface area contributed by atoms with Gasteiger partial charge in [0.15, 0.2) is 0 Å². The molecular weight excluding hydrogens is 292 g/mol. The van der Waals surface area contributed by atoms with E-state index in [-0.39, 0.29) is 24.3 Å². The van der Waals surface area contributed by atoms with Gasteiger partial charge < -0.3 is 19.7 Å². The van der Waals surface area contributed by atoms with Gasteiger partial charge in [-0.05, 0) is 44.7 Å². The van der Waals surface area contributed by atoms with Crippen molar-refractivity contribution in [2.75, 3.05) is 13.7 Å². The van der Waals surface area contributed by atoms with Crippen LogP contribution in [-0.4, -0.2) is 42.8 Å². The zero-order valence-corrected chi connectivity index (χ0v) is 14.2. The number of fused-ring (bicyclic) bond motifs is 1. The number of urea groups is 1. The molecule has 1 N–H and O–H groups in total. The van der Waals surface area contributed by atoms with Gasteiger partial charge in [0, 0.05) is 24.7 Å². The van der Waals surface area contributed by atoms with E-state index in [4.69, 9.17) is 9.47 Å². The first-order valence-corrected chi connectivity index (χ1v) is 8.42. The maximum Gasteiger partial charge on any atom is 0.317 e. The van der Waals surface area contributed by atoms with E-state index < -0.39 is 0 Å². The highest BCUT2D eigenvalue weighted by molar-refractivity contribution is 5.75. The number of nitrogens with one attached hydrogen (secondary N) is 1. The van der Waals surface area contributed by atoms with Gasteiger partial charge in [0.05, 0.1) is 19.3 Å². The van der Waals surface area contributed by atoms with Crippen LogP contribution in [0.1, 0.15) is 37.8 Å². The fourth-order valence-corrected chi connectivity index (χ4v) is 3.73. The summed E-state index contributed by atoms with van der Waals surface area (Å²) < 4.78 is 11.2. The van der Waals surface area contributed by atoms with Crippen molar-refractivity contribution in [1.29, 1.82) is 0 Å². The van der Waals surface area contributed by atoms with Crippen molar-refractivity contribution in [1.82, 2.24) is 10.2 Å². The molecule has 3 atom stereocenters. The van der Waals surface area contributed by atoms with E-state index in [0.717, 1.165) is 31.6 Å². The second kappa shape index (κ2) is 6.79. The average molecular weight is 318 g/mol. The lowest BCUT2D eigenvalue weighted by Crippen LogP contribution is -2.50. The van der Waals surface area contributed by atoms with Crippen molar-refractivity contribution in [3.63, 3.8) is 0 Å². The lowest BCUT2D eigenvalue weighted by atomic mass is 9.98. The first kappa shape index (κ1) is 16.1. The van der Waals surface area contributed by atoms with Crippen LogP contribution in [0.2, 0.25) is 0 Å². The van der Waals surface area contributed by atoms with E-state index in [1.807, 2.05) is 17.0 Å². The molecule has 126 valence electrons. The summed E-state index contributed by atoms with van der Waals surface area (Å²) in [6.07, 6.45) is 3.02. The molecule has 0 bridgehead atoms. The molecular formula is C18H26N2O3. The minimum Gasteiger partial charge on any atom is -0.496 e. The molecule has 1 unspecified atom stereocenters. The zero-order valence-electron chi connectivity index (χ0n) is 14.2. The summed E-state index contributed by atoms with van der Waals surface area (Å²) in [6.45, 7) is 5.51. The second-order valence-electron chi connectivity index (χ2n) is 6.64. The molecule has 1 aromatic carbocycles. The summed E-state index contributed by atoms with van der Waals surface area (Å²) in [6, 6.07) is 6.29. The molecule has 5 heteroatoms. The van der Waals surface area contributed by atoms with Gasteiger partial charge in [0.1, 0.15) is 5.75 Å². The van der Waals surface area contributed by atoms with Crippen LogP contribution in [-0.2, 0) is 17.7 Å². The summed E-state index contributed by atoms with van der Waals surface area (Å²) in [5.41, 5.74) is 2.41. The van der Waals surface area contributed by atoms with Crippen molar-refractivity contribution in [3.8, 4) is 5.75 Å². The van der Waals surface area contributed by atoms with Crippen molar-refractivity contribution < 1.29 is 14.3 Å². The number of methoxy groups -OCH3 is 1. The minimum atomic E-state index is 0.0322. The molecule has 2 aliphatic heterocycles. The largest absolute Gasteiger partial charge is 0.496 e. The van der Waals surface area contributed by atoms with Crippen LogP contribution >= 0.6 is 0 Å². The molecule has 2 aliphatic rings. The van der Waals surface area contributed by atoms with Crippen LogP contribution < -0.4 is 10.1 Å². The predicted octanol–water partition coefficient (Wildman–Crippen LogP) is 2.72. The van der Waals surface area contributed by atoms with Gasteiger partial charge in [-0.15, -0.1) is 0 Å². The summed E-state index contributed by atoms with van der Waals surface area (Å²) >= 11 is 0. The van der Waals surface area contributed by atoms with Gasteiger partial charge in [-0.1, -0.05) is 12.1 Å². The average Bonchev–Trinajstić information content (AvgIpc) is 2.52. The Labute approximate surface area is 137 Å². The highest BCUT2D eigenvalue weighted by atomic mass is 16.5. The third-order valence-corrected chi connectivity index (χ3v) is 4.76. The number of rotatable bonds is 2. The molecule has 23 heavy (non-hydrogen) atoms. The number of nitrogens with zero attached hydrogens (tertiary/aromatic N) is 1. The number of carbonyl (C=O) groups is 1. The Balaban J connectivity index is 1.63. The molecule has 0 saturated carbocycles. The molecule has 1 fully saturated rings. The Bertz CT molecular complexity index is 565. The third-order valence-electron chi connectivity index (χ3n) is 4.76. The third kappa shape index (κ3) is 3.61. The van der Waals surface area contributed by atoms with Crippen molar-refractivity contribution in [2.24, 2.45) is 0 Å². The molecule has 3 rings (SSSR count). The topological polar surface area (TPSA) is 50.8 Å². The Kier molecular flexibility index (Phi) is 4.76. The number of amides is 2. The molecule has 1 saturated heterocycles. The summed E-state index contributed by atoms with van der Waals surface area (Å²) in [5, 5.41) is 3.18. The first-order chi connectivity index (χ1) is 11.1. The maximum atomic E-state index is 12.6. The molecule has 1 aromatic rings. The molecule has 2 heterocycles. The monoisotopic (exact) mass is 318 g/mol. The smallest absolute Gasteiger partial charge is 0.317 e. The molecule has 2 amide bonds. The van der Waals surface area contributed by atoms with Crippen LogP contribution in [0.4, 0.5) is 4.79 Å². The van der Waals surface area contributed by atoms with E-state index in [0.29, 0.717) is 6.54 Å². The van der Waals surface area contributed by atoms with Crippen molar-refractivity contribution >= 4 is 6.03 Å². The molecule has 5 nitrogen and oxygen atoms in total. The van der Waals surface area contributed by atoms with Crippen LogP contribution in [0.3, 0.4) is 0 Å². The van der Waals surface area contributed by atoms with Crippen LogP contribution in [0.15, 0.2) is 18.2 Å². The normalized spacial score (nSPS) is 27.3. The Morgan fingerprint density at radius 3 is 2.74 bits per heavy atom. The van der Waals surface area contributed by atoms with Crippen molar-refractivity contribution in [3.05, 3.63) is 29.3 Å². The molecule has 0 radical (unpaired) electrons. The van der Waals surface area contributed by atoms with Crippen molar-refractivity contribution in [2.45, 2.75) is 57.9 Å². The predicted molar refractivity (Wildman–Crippen MR) is 88.7 cm³/mol. The zero-order chi connectivity index (χ0) is 16.4. The quantitative estimate of drug-likeness (QED) is 0.912. The van der Waals surface area contributed by atoms with E-state index in [1.54, 1.807) is 7.11 Å². The lowest BCUT2D eigenvalue weighted by Gasteiger charge is -2.35. The second-order valence-corrected chi connectivity index (χ2v) is 6.64. The summed E-state index contributed by atoms with van der Waals surface area (Å²) in [7, 11) is 1.70. The number of hydrogen-bond acceptors (Lipinski definition) is 3. The molecule has 0 spiro atoms. The van der Waals surface area contributed by atoms with E-state index in [9.17, 15) is 4.79 Å². The van der Waals surface area contributed by atoms with E-state index in [1.165, 1.54) is 11.1 Å². The summed E-state index contributed by atoms with van der Waals surface area (Å²) in [5.74, 6) is 0.926. The minimum absolute atomic E-state index is 0.0322. The van der Waals surface area contributed by atoms with Crippen LogP contribution in [0.25, 0.3) is 0 Å². The first-order valence-electron chi connectivity index (χ1n) is 8.42. The number of ether oxygens (including phenoxy) is 2. The Hall–Kier alpha value is -1.75. The highest BCUT2D eigenvalue weighted by Gasteiger charge is 2.28. The van der Waals surface area contributed by atoms with Gasteiger partial charge >= 0.3 is 6.03 Å². The maximum absolute atomic E-state index is 12.6. The fourth-order valence-electron chi connectivity index (χ4n) is 3.73. The van der Waals surface area contributed by atoms with Crippen LogP contribution in [0.5, 0.6) is 5.75 Å². The lowest BCUT2D eigenvalue weighted by molar-refractivity contribution is -0.0407. The highest BCUT2D eigenvalue weighted by Crippen LogP contribution is 2.28. The number of hydrogen-bond donors (Lipinski definition) is 1. The molecule has 0 aliphatic carbocycles. The Morgan fingerprint density at radius 2 is 2.04 bits per heavy atom. The van der Waals surface area contributed by atoms with E-state index in [2.05, 4.69) is 25.2 Å². The summed E-state index contributed by atoms with van der Waals surface area (Å²) in [4.78, 5) is 14.5. The van der Waals surface area contributed by atoms with Gasteiger partial charge in [-0.2, -0.15) is 0 Å². The number of carbonyl (C=O) groups excluding carboxylic acids is 1. The Morgan fingerprint density at radius 1 is 1.30 bits per heavy atom. The SMILES string of the molecule is COc1cccc2c1CCN(C(=O)NC1C[C@@H](C)O[C@@H](C)C1)C2. The van der Waals surface area contributed by atoms with E-state index >= 15 is 0 Å². The number of benzene rings is 1. The van der Waals surface area contributed by atoms with Gasteiger partial charge in [-0.25, -0.2) is 4.79 Å².